The topological polar surface area (TPSA) is 94.0 Å². The lowest BCUT2D eigenvalue weighted by Crippen LogP contribution is -2.45. The molecule has 8 nitrogen and oxygen atoms in total. The van der Waals surface area contributed by atoms with Crippen molar-refractivity contribution >= 4 is 35.6 Å². The van der Waals surface area contributed by atoms with E-state index in [2.05, 4.69) is 26.2 Å². The second-order valence-corrected chi connectivity index (χ2v) is 6.35. The quantitative estimate of drug-likeness (QED) is 0.830. The summed E-state index contributed by atoms with van der Waals surface area (Å²) >= 11 is 6.31. The van der Waals surface area contributed by atoms with Crippen molar-refractivity contribution in [3.05, 3.63) is 29.0 Å². The molecule has 1 aromatic heterocycles. The number of rotatable bonds is 4. The van der Waals surface area contributed by atoms with Crippen LogP contribution in [0.2, 0.25) is 5.02 Å². The summed E-state index contributed by atoms with van der Waals surface area (Å²) in [5.74, 6) is 1.01. The molecule has 1 aromatic carbocycles. The molecule has 1 aliphatic heterocycles. The highest BCUT2D eigenvalue weighted by atomic mass is 35.5. The minimum atomic E-state index is -0.493. The predicted molar refractivity (Wildman–Crippen MR) is 94.6 cm³/mol. The summed E-state index contributed by atoms with van der Waals surface area (Å²) < 4.78 is 7.11. The average molecular weight is 385 g/mol. The number of halogens is 2. The highest BCUT2D eigenvalue weighted by Gasteiger charge is 2.30. The first-order valence-electron chi connectivity index (χ1n) is 7.94. The number of carbonyl (C=O) groups excluding carboxylic acids is 1. The van der Waals surface area contributed by atoms with Crippen LogP contribution >= 0.6 is 24.0 Å². The van der Waals surface area contributed by atoms with E-state index in [0.717, 1.165) is 25.2 Å². The molecule has 134 valence electrons. The van der Waals surface area contributed by atoms with Gasteiger partial charge >= 0.3 is 0 Å². The second kappa shape index (κ2) is 7.65. The predicted octanol–water partition coefficient (Wildman–Crippen LogP) is 1.54. The summed E-state index contributed by atoms with van der Waals surface area (Å²) in [4.78, 5) is 12.3. The SMILES string of the molecule is Cl.O=C(Nc1ccc(Cl)c(-n2nnnc2C2CC2)c1)C1CNCCO1. The van der Waals surface area contributed by atoms with Gasteiger partial charge in [-0.25, -0.2) is 0 Å². The molecule has 2 aliphatic rings. The fraction of sp³-hybridized carbons (Fsp3) is 0.467. The summed E-state index contributed by atoms with van der Waals surface area (Å²) in [6, 6.07) is 5.25. The smallest absolute Gasteiger partial charge is 0.254 e. The first-order valence-corrected chi connectivity index (χ1v) is 8.31. The van der Waals surface area contributed by atoms with E-state index in [1.165, 1.54) is 0 Å². The van der Waals surface area contributed by atoms with Crippen LogP contribution in [0.15, 0.2) is 18.2 Å². The van der Waals surface area contributed by atoms with Crippen LogP contribution < -0.4 is 10.6 Å². The fourth-order valence-corrected chi connectivity index (χ4v) is 2.87. The minimum Gasteiger partial charge on any atom is -0.366 e. The van der Waals surface area contributed by atoms with Crippen molar-refractivity contribution < 1.29 is 9.53 Å². The molecule has 4 rings (SSSR count). The highest BCUT2D eigenvalue weighted by Crippen LogP contribution is 2.39. The summed E-state index contributed by atoms with van der Waals surface area (Å²) in [7, 11) is 0. The Bertz CT molecular complexity index is 758. The Morgan fingerprint density at radius 1 is 1.40 bits per heavy atom. The highest BCUT2D eigenvalue weighted by molar-refractivity contribution is 6.32. The largest absolute Gasteiger partial charge is 0.366 e. The van der Waals surface area contributed by atoms with Gasteiger partial charge in [-0.3, -0.25) is 4.79 Å². The molecule has 0 radical (unpaired) electrons. The lowest BCUT2D eigenvalue weighted by atomic mass is 10.2. The van der Waals surface area contributed by atoms with Gasteiger partial charge in [0, 0.05) is 24.7 Å². The first kappa shape index (κ1) is 18.1. The normalized spacial score (nSPS) is 20.0. The number of nitrogens with one attached hydrogen (secondary N) is 2. The molecule has 1 atom stereocenters. The Morgan fingerprint density at radius 3 is 2.96 bits per heavy atom. The number of amides is 1. The van der Waals surface area contributed by atoms with E-state index in [9.17, 15) is 4.79 Å². The maximum absolute atomic E-state index is 12.3. The van der Waals surface area contributed by atoms with Crippen molar-refractivity contribution in [2.45, 2.75) is 24.9 Å². The molecular weight excluding hydrogens is 367 g/mol. The maximum atomic E-state index is 12.3. The number of aromatic nitrogens is 4. The number of tetrazole rings is 1. The number of anilines is 1. The summed E-state index contributed by atoms with van der Waals surface area (Å²) in [6.07, 6.45) is 1.67. The van der Waals surface area contributed by atoms with Gasteiger partial charge in [-0.1, -0.05) is 11.6 Å². The molecule has 1 unspecified atom stereocenters. The molecule has 1 amide bonds. The van der Waals surface area contributed by atoms with Crippen LogP contribution in [0.5, 0.6) is 0 Å². The maximum Gasteiger partial charge on any atom is 0.254 e. The number of hydrogen-bond acceptors (Lipinski definition) is 6. The van der Waals surface area contributed by atoms with Crippen LogP contribution in [0.4, 0.5) is 5.69 Å². The lowest BCUT2D eigenvalue weighted by molar-refractivity contribution is -0.128. The van der Waals surface area contributed by atoms with E-state index < -0.39 is 6.10 Å². The number of hydrogen-bond donors (Lipinski definition) is 2. The lowest BCUT2D eigenvalue weighted by Gasteiger charge is -2.22. The van der Waals surface area contributed by atoms with Crippen molar-refractivity contribution in [1.29, 1.82) is 0 Å². The third-order valence-corrected chi connectivity index (χ3v) is 4.42. The molecule has 2 N–H and O–H groups in total. The van der Waals surface area contributed by atoms with Crippen LogP contribution in [0, 0.1) is 0 Å². The minimum absolute atomic E-state index is 0. The van der Waals surface area contributed by atoms with E-state index in [4.69, 9.17) is 16.3 Å². The molecule has 0 spiro atoms. The fourth-order valence-electron chi connectivity index (χ4n) is 2.67. The van der Waals surface area contributed by atoms with Crippen molar-refractivity contribution in [3.8, 4) is 5.69 Å². The Hall–Kier alpha value is -1.74. The monoisotopic (exact) mass is 384 g/mol. The zero-order chi connectivity index (χ0) is 16.5. The van der Waals surface area contributed by atoms with Crippen LogP contribution in [0.3, 0.4) is 0 Å². The Balaban J connectivity index is 0.00000182. The first-order chi connectivity index (χ1) is 11.7. The molecule has 0 bridgehead atoms. The van der Waals surface area contributed by atoms with Crippen molar-refractivity contribution in [1.82, 2.24) is 25.5 Å². The molecule has 25 heavy (non-hydrogen) atoms. The summed E-state index contributed by atoms with van der Waals surface area (Å²) in [5, 5.41) is 18.4. The number of ether oxygens (including phenoxy) is 1. The van der Waals surface area contributed by atoms with E-state index in [1.54, 1.807) is 22.9 Å². The summed E-state index contributed by atoms with van der Waals surface area (Å²) in [5.41, 5.74) is 1.29. The molecule has 2 fully saturated rings. The molecule has 2 heterocycles. The zero-order valence-electron chi connectivity index (χ0n) is 13.3. The zero-order valence-corrected chi connectivity index (χ0v) is 14.9. The average Bonchev–Trinajstić information content (AvgIpc) is 3.34. The number of nitrogens with zero attached hydrogens (tertiary/aromatic N) is 4. The second-order valence-electron chi connectivity index (χ2n) is 5.94. The van der Waals surface area contributed by atoms with Gasteiger partial charge in [0.2, 0.25) is 0 Å². The van der Waals surface area contributed by atoms with Crippen LogP contribution in [-0.2, 0) is 9.53 Å². The Morgan fingerprint density at radius 2 is 2.24 bits per heavy atom. The third-order valence-electron chi connectivity index (χ3n) is 4.10. The Labute approximate surface area is 155 Å². The van der Waals surface area contributed by atoms with Gasteiger partial charge in [-0.05, 0) is 41.5 Å². The standard InChI is InChI=1S/C15H17ClN6O2.ClH/c16-11-4-3-10(18-15(23)13-8-17-5-6-24-13)7-12(11)22-14(9-1-2-9)19-20-21-22;/h3-4,7,9,13,17H,1-2,5-6,8H2,(H,18,23);1H. The Kier molecular flexibility index (Phi) is 5.53. The number of morpholine rings is 1. The molecule has 2 aromatic rings. The van der Waals surface area contributed by atoms with E-state index >= 15 is 0 Å². The molecule has 10 heteroatoms. The van der Waals surface area contributed by atoms with Gasteiger partial charge in [0.05, 0.1) is 17.3 Å². The van der Waals surface area contributed by atoms with Gasteiger partial charge in [0.25, 0.3) is 5.91 Å². The van der Waals surface area contributed by atoms with Crippen LogP contribution in [0.25, 0.3) is 5.69 Å². The molecule has 1 saturated heterocycles. The van der Waals surface area contributed by atoms with E-state index in [0.29, 0.717) is 35.5 Å². The molecule has 1 aliphatic carbocycles. The van der Waals surface area contributed by atoms with Crippen LogP contribution in [0.1, 0.15) is 24.6 Å². The van der Waals surface area contributed by atoms with Gasteiger partial charge in [0.15, 0.2) is 5.82 Å². The van der Waals surface area contributed by atoms with Crippen LogP contribution in [-0.4, -0.2) is 51.9 Å². The number of carbonyl (C=O) groups is 1. The van der Waals surface area contributed by atoms with Crippen molar-refractivity contribution in [2.24, 2.45) is 0 Å². The third kappa shape index (κ3) is 3.92. The van der Waals surface area contributed by atoms with E-state index in [1.807, 2.05) is 0 Å². The molecular formula is C15H18Cl2N6O2. The molecule has 1 saturated carbocycles. The van der Waals surface area contributed by atoms with Gasteiger partial charge in [0.1, 0.15) is 6.10 Å². The van der Waals surface area contributed by atoms with Gasteiger partial charge in [-0.15, -0.1) is 17.5 Å². The summed E-state index contributed by atoms with van der Waals surface area (Å²) in [6.45, 7) is 1.79. The van der Waals surface area contributed by atoms with Gasteiger partial charge < -0.3 is 15.4 Å². The van der Waals surface area contributed by atoms with Crippen molar-refractivity contribution in [2.75, 3.05) is 25.0 Å². The van der Waals surface area contributed by atoms with Gasteiger partial charge in [-0.2, -0.15) is 4.68 Å². The van der Waals surface area contributed by atoms with E-state index in [-0.39, 0.29) is 18.3 Å². The van der Waals surface area contributed by atoms with Crippen molar-refractivity contribution in [3.63, 3.8) is 0 Å². The number of benzene rings is 1.